The number of methoxy groups -OCH3 is 1. The minimum atomic E-state index is -1.18. The van der Waals surface area contributed by atoms with Gasteiger partial charge >= 0.3 is 5.97 Å². The number of rotatable bonds is 4. The van der Waals surface area contributed by atoms with E-state index in [9.17, 15) is 9.59 Å². The maximum absolute atomic E-state index is 12.2. The standard InChI is InChI=1S/C15H17NO4/c1-20-12-4-2-3-9-10(12)5-6-11(9)16-13(17)15(7-8-15)14(18)19/h2-4,11H,5-8H2,1H3,(H,16,17)(H,18,19)/t11-/m0/s1. The number of ether oxygens (including phenoxy) is 1. The van der Waals surface area contributed by atoms with Gasteiger partial charge in [0.15, 0.2) is 0 Å². The van der Waals surface area contributed by atoms with Gasteiger partial charge in [0.1, 0.15) is 11.2 Å². The summed E-state index contributed by atoms with van der Waals surface area (Å²) >= 11 is 0. The summed E-state index contributed by atoms with van der Waals surface area (Å²) in [6.45, 7) is 0. The van der Waals surface area contributed by atoms with Gasteiger partial charge in [0.25, 0.3) is 0 Å². The van der Waals surface area contributed by atoms with Crippen LogP contribution in [0.15, 0.2) is 18.2 Å². The summed E-state index contributed by atoms with van der Waals surface area (Å²) < 4.78 is 5.32. The molecule has 1 aromatic carbocycles. The largest absolute Gasteiger partial charge is 0.496 e. The lowest BCUT2D eigenvalue weighted by molar-refractivity contribution is -0.149. The van der Waals surface area contributed by atoms with Gasteiger partial charge in [-0.3, -0.25) is 9.59 Å². The number of carbonyl (C=O) groups excluding carboxylic acids is 1. The molecule has 0 heterocycles. The van der Waals surface area contributed by atoms with E-state index in [4.69, 9.17) is 9.84 Å². The molecule has 0 unspecified atom stereocenters. The summed E-state index contributed by atoms with van der Waals surface area (Å²) in [5, 5.41) is 12.0. The highest BCUT2D eigenvalue weighted by Gasteiger charge is 2.57. The fourth-order valence-electron chi connectivity index (χ4n) is 2.92. The summed E-state index contributed by atoms with van der Waals surface area (Å²) in [4.78, 5) is 23.3. The summed E-state index contributed by atoms with van der Waals surface area (Å²) in [5.74, 6) is -0.539. The second-order valence-corrected chi connectivity index (χ2v) is 5.48. The van der Waals surface area contributed by atoms with Crippen molar-refractivity contribution in [2.24, 2.45) is 5.41 Å². The number of carboxylic acids is 1. The fourth-order valence-corrected chi connectivity index (χ4v) is 2.92. The van der Waals surface area contributed by atoms with Crippen LogP contribution in [0.3, 0.4) is 0 Å². The third-order valence-corrected chi connectivity index (χ3v) is 4.35. The lowest BCUT2D eigenvalue weighted by Gasteiger charge is -2.17. The molecular formula is C15H17NO4. The highest BCUT2D eigenvalue weighted by Crippen LogP contribution is 2.47. The molecule has 1 amide bonds. The number of aliphatic carboxylic acids is 1. The van der Waals surface area contributed by atoms with Gasteiger partial charge in [-0.05, 0) is 42.9 Å². The Balaban J connectivity index is 1.79. The second kappa shape index (κ2) is 4.51. The van der Waals surface area contributed by atoms with Crippen LogP contribution in [0.4, 0.5) is 0 Å². The van der Waals surface area contributed by atoms with Gasteiger partial charge in [0, 0.05) is 0 Å². The predicted molar refractivity (Wildman–Crippen MR) is 71.5 cm³/mol. The number of hydrogen-bond acceptors (Lipinski definition) is 3. The number of nitrogens with one attached hydrogen (secondary N) is 1. The minimum absolute atomic E-state index is 0.107. The molecular weight excluding hydrogens is 258 g/mol. The summed E-state index contributed by atoms with van der Waals surface area (Å²) in [6, 6.07) is 5.66. The van der Waals surface area contributed by atoms with Gasteiger partial charge in [-0.15, -0.1) is 0 Å². The van der Waals surface area contributed by atoms with Crippen molar-refractivity contribution in [3.8, 4) is 5.75 Å². The monoisotopic (exact) mass is 275 g/mol. The van der Waals surface area contributed by atoms with Crippen LogP contribution in [-0.2, 0) is 16.0 Å². The quantitative estimate of drug-likeness (QED) is 0.819. The Hall–Kier alpha value is -2.04. The first kappa shape index (κ1) is 13.0. The van der Waals surface area contributed by atoms with E-state index < -0.39 is 11.4 Å². The fraction of sp³-hybridized carbons (Fsp3) is 0.467. The van der Waals surface area contributed by atoms with Crippen LogP contribution in [-0.4, -0.2) is 24.1 Å². The zero-order chi connectivity index (χ0) is 14.3. The number of carboxylic acid groups (broad SMARTS) is 1. The van der Waals surface area contributed by atoms with Crippen LogP contribution < -0.4 is 10.1 Å². The van der Waals surface area contributed by atoms with E-state index in [0.29, 0.717) is 12.8 Å². The molecule has 1 saturated carbocycles. The highest BCUT2D eigenvalue weighted by molar-refractivity contribution is 6.05. The molecule has 20 heavy (non-hydrogen) atoms. The van der Waals surface area contributed by atoms with E-state index >= 15 is 0 Å². The van der Waals surface area contributed by atoms with Crippen LogP contribution in [0.2, 0.25) is 0 Å². The van der Waals surface area contributed by atoms with Gasteiger partial charge < -0.3 is 15.2 Å². The Bertz CT molecular complexity index is 577. The number of hydrogen-bond donors (Lipinski definition) is 2. The van der Waals surface area contributed by atoms with Crippen LogP contribution >= 0.6 is 0 Å². The maximum atomic E-state index is 12.2. The zero-order valence-electron chi connectivity index (χ0n) is 11.3. The summed E-state index contributed by atoms with van der Waals surface area (Å²) in [7, 11) is 1.63. The molecule has 0 radical (unpaired) electrons. The Labute approximate surface area is 116 Å². The first-order chi connectivity index (χ1) is 9.58. The third-order valence-electron chi connectivity index (χ3n) is 4.35. The molecule has 3 rings (SSSR count). The molecule has 1 atom stereocenters. The van der Waals surface area contributed by atoms with E-state index in [1.54, 1.807) is 7.11 Å². The number of fused-ring (bicyclic) bond motifs is 1. The van der Waals surface area contributed by atoms with Crippen molar-refractivity contribution < 1.29 is 19.4 Å². The van der Waals surface area contributed by atoms with Crippen molar-refractivity contribution >= 4 is 11.9 Å². The number of amides is 1. The average Bonchev–Trinajstić information content (AvgIpc) is 3.17. The van der Waals surface area contributed by atoms with Crippen LogP contribution in [0.25, 0.3) is 0 Å². The van der Waals surface area contributed by atoms with E-state index in [0.717, 1.165) is 29.7 Å². The van der Waals surface area contributed by atoms with E-state index in [2.05, 4.69) is 5.32 Å². The summed E-state index contributed by atoms with van der Waals surface area (Å²) in [5.41, 5.74) is 0.973. The molecule has 106 valence electrons. The molecule has 5 nitrogen and oxygen atoms in total. The van der Waals surface area contributed by atoms with Crippen LogP contribution in [0.5, 0.6) is 5.75 Å². The smallest absolute Gasteiger partial charge is 0.319 e. The van der Waals surface area contributed by atoms with Crippen molar-refractivity contribution in [1.82, 2.24) is 5.32 Å². The Morgan fingerprint density at radius 3 is 2.75 bits per heavy atom. The zero-order valence-corrected chi connectivity index (χ0v) is 11.3. The Kier molecular flexibility index (Phi) is 2.92. The molecule has 2 aliphatic carbocycles. The van der Waals surface area contributed by atoms with Gasteiger partial charge in [-0.25, -0.2) is 0 Å². The van der Waals surface area contributed by atoms with Crippen molar-refractivity contribution in [2.45, 2.75) is 31.7 Å². The Morgan fingerprint density at radius 2 is 2.15 bits per heavy atom. The van der Waals surface area contributed by atoms with Gasteiger partial charge in [-0.1, -0.05) is 12.1 Å². The molecule has 0 saturated heterocycles. The van der Waals surface area contributed by atoms with Crippen LogP contribution in [0, 0.1) is 5.41 Å². The van der Waals surface area contributed by atoms with E-state index in [-0.39, 0.29) is 11.9 Å². The van der Waals surface area contributed by atoms with Crippen LogP contribution in [0.1, 0.15) is 36.4 Å². The first-order valence-electron chi connectivity index (χ1n) is 6.78. The van der Waals surface area contributed by atoms with E-state index in [1.807, 2.05) is 18.2 Å². The normalized spacial score (nSPS) is 21.9. The molecule has 2 N–H and O–H groups in total. The highest BCUT2D eigenvalue weighted by atomic mass is 16.5. The molecule has 1 aromatic rings. The maximum Gasteiger partial charge on any atom is 0.319 e. The molecule has 0 spiro atoms. The predicted octanol–water partition coefficient (Wildman–Crippen LogP) is 1.66. The molecule has 5 heteroatoms. The van der Waals surface area contributed by atoms with Crippen molar-refractivity contribution in [1.29, 1.82) is 0 Å². The van der Waals surface area contributed by atoms with Gasteiger partial charge in [0.05, 0.1) is 13.2 Å². The molecule has 1 fully saturated rings. The molecule has 0 aliphatic heterocycles. The second-order valence-electron chi connectivity index (χ2n) is 5.48. The molecule has 0 bridgehead atoms. The van der Waals surface area contributed by atoms with Gasteiger partial charge in [-0.2, -0.15) is 0 Å². The first-order valence-corrected chi connectivity index (χ1v) is 6.78. The average molecular weight is 275 g/mol. The SMILES string of the molecule is COc1cccc2c1CC[C@@H]2NC(=O)C1(C(=O)O)CC1. The lowest BCUT2D eigenvalue weighted by atomic mass is 10.0. The number of benzene rings is 1. The minimum Gasteiger partial charge on any atom is -0.496 e. The Morgan fingerprint density at radius 1 is 1.40 bits per heavy atom. The van der Waals surface area contributed by atoms with E-state index in [1.165, 1.54) is 0 Å². The summed E-state index contributed by atoms with van der Waals surface area (Å²) in [6.07, 6.45) is 2.50. The lowest BCUT2D eigenvalue weighted by Crippen LogP contribution is -2.38. The molecule has 2 aliphatic rings. The third kappa shape index (κ3) is 1.85. The van der Waals surface area contributed by atoms with Crippen molar-refractivity contribution in [3.63, 3.8) is 0 Å². The topological polar surface area (TPSA) is 75.6 Å². The van der Waals surface area contributed by atoms with Crippen molar-refractivity contribution in [3.05, 3.63) is 29.3 Å². The number of carbonyl (C=O) groups is 2. The van der Waals surface area contributed by atoms with Gasteiger partial charge in [0.2, 0.25) is 5.91 Å². The molecule has 0 aromatic heterocycles. The van der Waals surface area contributed by atoms with Crippen molar-refractivity contribution in [2.75, 3.05) is 7.11 Å².